The fourth-order valence-electron chi connectivity index (χ4n) is 1.80. The highest BCUT2D eigenvalue weighted by Crippen LogP contribution is 2.26. The van der Waals surface area contributed by atoms with Gasteiger partial charge in [-0.3, -0.25) is 0 Å². The van der Waals surface area contributed by atoms with Gasteiger partial charge in [0, 0.05) is 18.4 Å². The van der Waals surface area contributed by atoms with Gasteiger partial charge in [-0.1, -0.05) is 18.2 Å². The van der Waals surface area contributed by atoms with Crippen LogP contribution in [-0.4, -0.2) is 24.9 Å². The van der Waals surface area contributed by atoms with Crippen LogP contribution in [0.3, 0.4) is 0 Å². The Balaban J connectivity index is 2.09. The lowest BCUT2D eigenvalue weighted by atomic mass is 10.1. The van der Waals surface area contributed by atoms with Gasteiger partial charge in [0.05, 0.1) is 6.10 Å². The molecule has 0 radical (unpaired) electrons. The van der Waals surface area contributed by atoms with Crippen LogP contribution in [-0.2, 0) is 11.2 Å². The van der Waals surface area contributed by atoms with E-state index in [0.29, 0.717) is 19.4 Å². The molecule has 86 valence electrons. The van der Waals surface area contributed by atoms with Crippen molar-refractivity contribution < 1.29 is 9.84 Å². The molecular weight excluding hydrogens is 220 g/mol. The first-order chi connectivity index (χ1) is 7.81. The van der Waals surface area contributed by atoms with Gasteiger partial charge >= 0.3 is 0 Å². The molecule has 16 heavy (non-hydrogen) atoms. The average Bonchev–Trinajstić information content (AvgIpc) is 2.70. The lowest BCUT2D eigenvalue weighted by Crippen LogP contribution is -2.12. The highest BCUT2D eigenvalue weighted by Gasteiger charge is 2.09. The van der Waals surface area contributed by atoms with Gasteiger partial charge in [0.2, 0.25) is 0 Å². The molecule has 0 aliphatic carbocycles. The van der Waals surface area contributed by atoms with E-state index in [9.17, 15) is 5.11 Å². The van der Waals surface area contributed by atoms with Crippen LogP contribution in [0, 0.1) is 0 Å². The topological polar surface area (TPSA) is 29.5 Å². The van der Waals surface area contributed by atoms with Crippen LogP contribution in [0.2, 0.25) is 0 Å². The minimum absolute atomic E-state index is 0.307. The van der Waals surface area contributed by atoms with E-state index in [1.165, 1.54) is 15.6 Å². The van der Waals surface area contributed by atoms with Gasteiger partial charge in [0.25, 0.3) is 0 Å². The molecule has 0 fully saturated rings. The standard InChI is InChI=1S/C13H16O2S/c1-15-7-6-11(14)8-10-9-16-13-5-3-2-4-12(10)13/h2-5,9,11,14H,6-8H2,1H3. The zero-order valence-electron chi connectivity index (χ0n) is 9.35. The van der Waals surface area contributed by atoms with Crippen molar-refractivity contribution in [3.8, 4) is 0 Å². The summed E-state index contributed by atoms with van der Waals surface area (Å²) < 4.78 is 6.25. The molecule has 1 atom stereocenters. The molecule has 0 aliphatic rings. The van der Waals surface area contributed by atoms with Gasteiger partial charge in [-0.15, -0.1) is 11.3 Å². The van der Waals surface area contributed by atoms with Gasteiger partial charge in [0.1, 0.15) is 0 Å². The monoisotopic (exact) mass is 236 g/mol. The first-order valence-corrected chi connectivity index (χ1v) is 6.31. The normalized spacial score (nSPS) is 13.1. The zero-order chi connectivity index (χ0) is 11.4. The van der Waals surface area contributed by atoms with E-state index in [4.69, 9.17) is 4.74 Å². The second-order valence-corrected chi connectivity index (χ2v) is 4.81. The molecule has 0 bridgehead atoms. The number of fused-ring (bicyclic) bond motifs is 1. The molecule has 2 aromatic rings. The zero-order valence-corrected chi connectivity index (χ0v) is 10.2. The number of aliphatic hydroxyl groups is 1. The molecule has 2 rings (SSSR count). The summed E-state index contributed by atoms with van der Waals surface area (Å²) >= 11 is 1.74. The summed E-state index contributed by atoms with van der Waals surface area (Å²) in [7, 11) is 1.66. The van der Waals surface area contributed by atoms with Gasteiger partial charge in [-0.25, -0.2) is 0 Å². The summed E-state index contributed by atoms with van der Waals surface area (Å²) in [4.78, 5) is 0. The third-order valence-electron chi connectivity index (χ3n) is 2.67. The first kappa shape index (κ1) is 11.6. The quantitative estimate of drug-likeness (QED) is 0.865. The van der Waals surface area contributed by atoms with Crippen molar-refractivity contribution in [3.63, 3.8) is 0 Å². The van der Waals surface area contributed by atoms with E-state index >= 15 is 0 Å². The van der Waals surface area contributed by atoms with E-state index < -0.39 is 0 Å². The molecule has 1 aromatic heterocycles. The molecule has 1 aromatic carbocycles. The van der Waals surface area contributed by atoms with Crippen LogP contribution in [0.4, 0.5) is 0 Å². The molecule has 0 amide bonds. The summed E-state index contributed by atoms with van der Waals surface area (Å²) in [5, 5.41) is 13.2. The third-order valence-corrected chi connectivity index (χ3v) is 3.68. The van der Waals surface area contributed by atoms with Crippen LogP contribution in [0.5, 0.6) is 0 Å². The van der Waals surface area contributed by atoms with Crippen molar-refractivity contribution in [1.29, 1.82) is 0 Å². The fourth-order valence-corrected chi connectivity index (χ4v) is 2.78. The Morgan fingerprint density at radius 3 is 3.00 bits per heavy atom. The molecular formula is C13H16O2S. The molecule has 1 N–H and O–H groups in total. The van der Waals surface area contributed by atoms with Gasteiger partial charge in [-0.2, -0.15) is 0 Å². The number of hydrogen-bond acceptors (Lipinski definition) is 3. The van der Waals surface area contributed by atoms with E-state index in [1.54, 1.807) is 18.4 Å². The number of aliphatic hydroxyl groups excluding tert-OH is 1. The number of rotatable bonds is 5. The van der Waals surface area contributed by atoms with Gasteiger partial charge < -0.3 is 9.84 Å². The van der Waals surface area contributed by atoms with Crippen LogP contribution < -0.4 is 0 Å². The molecule has 0 aliphatic heterocycles. The summed E-state index contributed by atoms with van der Waals surface area (Å²) in [6.45, 7) is 0.614. The second-order valence-electron chi connectivity index (χ2n) is 3.90. The van der Waals surface area contributed by atoms with Gasteiger partial charge in [-0.05, 0) is 35.2 Å². The summed E-state index contributed by atoms with van der Waals surface area (Å²) in [6.07, 6.45) is 1.10. The predicted molar refractivity (Wildman–Crippen MR) is 68.0 cm³/mol. The van der Waals surface area contributed by atoms with Crippen molar-refractivity contribution in [2.45, 2.75) is 18.9 Å². The van der Waals surface area contributed by atoms with E-state index in [2.05, 4.69) is 17.5 Å². The summed E-state index contributed by atoms with van der Waals surface area (Å²) in [5.74, 6) is 0. The molecule has 3 heteroatoms. The van der Waals surface area contributed by atoms with Crippen molar-refractivity contribution in [2.24, 2.45) is 0 Å². The second kappa shape index (κ2) is 5.43. The van der Waals surface area contributed by atoms with Crippen LogP contribution >= 0.6 is 11.3 Å². The van der Waals surface area contributed by atoms with Crippen molar-refractivity contribution in [2.75, 3.05) is 13.7 Å². The highest BCUT2D eigenvalue weighted by atomic mass is 32.1. The molecule has 1 unspecified atom stereocenters. The van der Waals surface area contributed by atoms with Crippen molar-refractivity contribution in [1.82, 2.24) is 0 Å². The SMILES string of the molecule is COCCC(O)Cc1csc2ccccc12. The van der Waals surface area contributed by atoms with E-state index in [0.717, 1.165) is 0 Å². The third kappa shape index (κ3) is 2.61. The van der Waals surface area contributed by atoms with Crippen molar-refractivity contribution in [3.05, 3.63) is 35.2 Å². The molecule has 0 saturated carbocycles. The largest absolute Gasteiger partial charge is 0.393 e. The lowest BCUT2D eigenvalue weighted by molar-refractivity contribution is 0.110. The minimum atomic E-state index is -0.307. The maximum atomic E-state index is 9.84. The summed E-state index contributed by atoms with van der Waals surface area (Å²) in [5.41, 5.74) is 1.24. The Hall–Kier alpha value is -0.900. The minimum Gasteiger partial charge on any atom is -0.393 e. The molecule has 2 nitrogen and oxygen atoms in total. The fraction of sp³-hybridized carbons (Fsp3) is 0.385. The molecule has 1 heterocycles. The Kier molecular flexibility index (Phi) is 3.93. The number of ether oxygens (including phenoxy) is 1. The number of benzene rings is 1. The first-order valence-electron chi connectivity index (χ1n) is 5.43. The lowest BCUT2D eigenvalue weighted by Gasteiger charge is -2.08. The Labute approximate surface area is 99.5 Å². The van der Waals surface area contributed by atoms with Crippen LogP contribution in [0.25, 0.3) is 10.1 Å². The Morgan fingerprint density at radius 2 is 2.19 bits per heavy atom. The number of thiophene rings is 1. The van der Waals surface area contributed by atoms with Crippen LogP contribution in [0.1, 0.15) is 12.0 Å². The number of methoxy groups -OCH3 is 1. The maximum absolute atomic E-state index is 9.84. The number of hydrogen-bond donors (Lipinski definition) is 1. The maximum Gasteiger partial charge on any atom is 0.0603 e. The van der Waals surface area contributed by atoms with Crippen molar-refractivity contribution >= 4 is 21.4 Å². The van der Waals surface area contributed by atoms with E-state index in [1.807, 2.05) is 12.1 Å². The predicted octanol–water partition coefficient (Wildman–Crippen LogP) is 2.84. The highest BCUT2D eigenvalue weighted by molar-refractivity contribution is 7.17. The Bertz CT molecular complexity index is 450. The summed E-state index contributed by atoms with van der Waals surface area (Å²) in [6, 6.07) is 8.32. The average molecular weight is 236 g/mol. The van der Waals surface area contributed by atoms with Crippen LogP contribution in [0.15, 0.2) is 29.6 Å². The molecule has 0 saturated heterocycles. The van der Waals surface area contributed by atoms with Gasteiger partial charge in [0.15, 0.2) is 0 Å². The smallest absolute Gasteiger partial charge is 0.0603 e. The van der Waals surface area contributed by atoms with E-state index in [-0.39, 0.29) is 6.10 Å². The molecule has 0 spiro atoms. The Morgan fingerprint density at radius 1 is 1.38 bits per heavy atom.